The molecule has 2 atom stereocenters. The van der Waals surface area contributed by atoms with Gasteiger partial charge in [0.1, 0.15) is 4.87 Å². The molecule has 0 spiro atoms. The van der Waals surface area contributed by atoms with Crippen LogP contribution in [0.1, 0.15) is 40.9 Å². The summed E-state index contributed by atoms with van der Waals surface area (Å²) in [7, 11) is 0. The van der Waals surface area contributed by atoms with Crippen molar-refractivity contribution in [3.05, 3.63) is 70.8 Å². The van der Waals surface area contributed by atoms with Crippen LogP contribution in [0, 0.1) is 0 Å². The number of hydrogen-bond acceptors (Lipinski definition) is 2. The summed E-state index contributed by atoms with van der Waals surface area (Å²) < 4.78 is 0. The van der Waals surface area contributed by atoms with E-state index in [1.54, 1.807) is 0 Å². The largest absolute Gasteiger partial charge is 0.312 e. The first-order chi connectivity index (χ1) is 10.7. The molecule has 0 N–H and O–H groups in total. The minimum Gasteiger partial charge on any atom is -0.312 e. The Bertz CT molecular complexity index is 739. The van der Waals surface area contributed by atoms with Crippen molar-refractivity contribution in [2.24, 2.45) is 0 Å². The molecule has 0 aromatic heterocycles. The Morgan fingerprint density at radius 1 is 1.18 bits per heavy atom. The molecule has 22 heavy (non-hydrogen) atoms. The number of hydrogen-bond donors (Lipinski definition) is 0. The number of fused-ring (bicyclic) bond motifs is 3. The van der Waals surface area contributed by atoms with Crippen LogP contribution in [0.4, 0.5) is 0 Å². The predicted octanol–water partition coefficient (Wildman–Crippen LogP) is 4.04. The molecule has 0 radical (unpaired) electrons. The lowest BCUT2D eigenvalue weighted by Crippen LogP contribution is -2.42. The van der Waals surface area contributed by atoms with E-state index in [1.807, 2.05) is 30.0 Å². The average Bonchev–Trinajstić information content (AvgIpc) is 3.04. The summed E-state index contributed by atoms with van der Waals surface area (Å²) in [5.74, 6) is 1.16. The van der Waals surface area contributed by atoms with Crippen LogP contribution < -0.4 is 0 Å². The van der Waals surface area contributed by atoms with E-state index in [4.69, 9.17) is 0 Å². The fourth-order valence-corrected chi connectivity index (χ4v) is 5.36. The minimum absolute atomic E-state index is 0.174. The molecular formula is C19H19NOS. The summed E-state index contributed by atoms with van der Waals surface area (Å²) in [5, 5.41) is 0. The van der Waals surface area contributed by atoms with Gasteiger partial charge < -0.3 is 4.90 Å². The maximum atomic E-state index is 12.9. The Kier molecular flexibility index (Phi) is 3.08. The van der Waals surface area contributed by atoms with Crippen LogP contribution in [-0.4, -0.2) is 22.6 Å². The molecule has 2 aromatic rings. The van der Waals surface area contributed by atoms with E-state index in [0.717, 1.165) is 23.3 Å². The van der Waals surface area contributed by atoms with Gasteiger partial charge in [0, 0.05) is 22.9 Å². The number of carbonyl (C=O) groups excluding carboxylic acids is 1. The van der Waals surface area contributed by atoms with Crippen molar-refractivity contribution in [1.82, 2.24) is 4.90 Å². The average molecular weight is 309 g/mol. The summed E-state index contributed by atoms with van der Waals surface area (Å²) in [5.41, 5.74) is 4.57. The SMILES string of the molecule is CCc1ccc(C23SCC(C)N2C(=O)c2ccccc23)cc1. The van der Waals surface area contributed by atoms with Crippen molar-refractivity contribution < 1.29 is 4.79 Å². The predicted molar refractivity (Wildman–Crippen MR) is 91.1 cm³/mol. The summed E-state index contributed by atoms with van der Waals surface area (Å²) in [6.45, 7) is 4.32. The van der Waals surface area contributed by atoms with Gasteiger partial charge in [-0.2, -0.15) is 0 Å². The number of rotatable bonds is 2. The van der Waals surface area contributed by atoms with Gasteiger partial charge in [0.25, 0.3) is 5.91 Å². The molecule has 2 aliphatic heterocycles. The maximum Gasteiger partial charge on any atom is 0.256 e. The lowest BCUT2D eigenvalue weighted by Gasteiger charge is -2.34. The first kappa shape index (κ1) is 13.9. The van der Waals surface area contributed by atoms with Crippen molar-refractivity contribution in [3.63, 3.8) is 0 Å². The van der Waals surface area contributed by atoms with Gasteiger partial charge in [-0.25, -0.2) is 0 Å². The van der Waals surface area contributed by atoms with Crippen molar-refractivity contribution in [1.29, 1.82) is 0 Å². The van der Waals surface area contributed by atoms with Crippen LogP contribution in [-0.2, 0) is 11.3 Å². The molecule has 2 nitrogen and oxygen atoms in total. The Labute approximate surface area is 135 Å². The normalized spacial score (nSPS) is 26.2. The number of nitrogens with zero attached hydrogens (tertiary/aromatic N) is 1. The van der Waals surface area contributed by atoms with Crippen molar-refractivity contribution in [3.8, 4) is 0 Å². The highest BCUT2D eigenvalue weighted by atomic mass is 32.2. The van der Waals surface area contributed by atoms with E-state index in [-0.39, 0.29) is 16.8 Å². The lowest BCUT2D eigenvalue weighted by molar-refractivity contribution is 0.0689. The van der Waals surface area contributed by atoms with Crippen LogP contribution >= 0.6 is 11.8 Å². The third-order valence-corrected chi connectivity index (χ3v) is 6.53. The minimum atomic E-state index is -0.334. The molecule has 2 aromatic carbocycles. The van der Waals surface area contributed by atoms with Crippen LogP contribution in [0.5, 0.6) is 0 Å². The molecule has 0 bridgehead atoms. The molecule has 0 aliphatic carbocycles. The van der Waals surface area contributed by atoms with Crippen LogP contribution in [0.3, 0.4) is 0 Å². The van der Waals surface area contributed by atoms with Gasteiger partial charge in [-0.1, -0.05) is 49.4 Å². The topological polar surface area (TPSA) is 20.3 Å². The van der Waals surface area contributed by atoms with E-state index >= 15 is 0 Å². The standard InChI is InChI=1S/C19H19NOS/c1-3-14-8-10-15(11-9-14)19-17-7-5-4-6-16(17)18(21)20(19)13(2)12-22-19/h4-11,13H,3,12H2,1-2H3. The van der Waals surface area contributed by atoms with E-state index in [1.165, 1.54) is 11.1 Å². The Hall–Kier alpha value is -1.74. The summed E-state index contributed by atoms with van der Waals surface area (Å²) in [6, 6.07) is 17.1. The second kappa shape index (κ2) is 4.88. The summed E-state index contributed by atoms with van der Waals surface area (Å²) >= 11 is 1.89. The van der Waals surface area contributed by atoms with Crippen LogP contribution in [0.25, 0.3) is 0 Å². The fourth-order valence-electron chi connectivity index (χ4n) is 3.69. The van der Waals surface area contributed by atoms with E-state index in [9.17, 15) is 4.79 Å². The number of benzene rings is 2. The Morgan fingerprint density at radius 3 is 2.64 bits per heavy atom. The zero-order chi connectivity index (χ0) is 15.3. The van der Waals surface area contributed by atoms with Gasteiger partial charge in [0.05, 0.1) is 0 Å². The van der Waals surface area contributed by atoms with E-state index in [0.29, 0.717) is 0 Å². The molecule has 1 fully saturated rings. The summed E-state index contributed by atoms with van der Waals surface area (Å²) in [4.78, 5) is 14.7. The zero-order valence-corrected chi connectivity index (χ0v) is 13.7. The first-order valence-corrected chi connectivity index (χ1v) is 8.83. The second-order valence-electron chi connectivity index (χ2n) is 6.08. The van der Waals surface area contributed by atoms with Gasteiger partial charge >= 0.3 is 0 Å². The quantitative estimate of drug-likeness (QED) is 0.834. The fraction of sp³-hybridized carbons (Fsp3) is 0.316. The summed E-state index contributed by atoms with van der Waals surface area (Å²) in [6.07, 6.45) is 1.04. The number of carbonyl (C=O) groups is 1. The molecule has 3 heteroatoms. The monoisotopic (exact) mass is 309 g/mol. The van der Waals surface area contributed by atoms with Gasteiger partial charge in [-0.3, -0.25) is 4.79 Å². The molecule has 0 saturated carbocycles. The highest BCUT2D eigenvalue weighted by molar-refractivity contribution is 8.00. The molecular weight excluding hydrogens is 290 g/mol. The number of amides is 1. The van der Waals surface area contributed by atoms with Crippen molar-refractivity contribution in [2.45, 2.75) is 31.2 Å². The molecule has 2 aliphatic rings. The molecule has 1 saturated heterocycles. The highest BCUT2D eigenvalue weighted by Gasteiger charge is 2.56. The van der Waals surface area contributed by atoms with Gasteiger partial charge in [-0.15, -0.1) is 11.8 Å². The lowest BCUT2D eigenvalue weighted by atomic mass is 9.95. The first-order valence-electron chi connectivity index (χ1n) is 7.85. The number of aryl methyl sites for hydroxylation is 1. The van der Waals surface area contributed by atoms with Gasteiger partial charge in [0.2, 0.25) is 0 Å². The van der Waals surface area contributed by atoms with Crippen LogP contribution in [0.2, 0.25) is 0 Å². The molecule has 4 rings (SSSR count). The zero-order valence-electron chi connectivity index (χ0n) is 12.9. The highest BCUT2D eigenvalue weighted by Crippen LogP contribution is 2.57. The van der Waals surface area contributed by atoms with E-state index in [2.05, 4.69) is 49.1 Å². The second-order valence-corrected chi connectivity index (χ2v) is 7.29. The Morgan fingerprint density at radius 2 is 1.91 bits per heavy atom. The molecule has 2 unspecified atom stereocenters. The number of thioether (sulfide) groups is 1. The van der Waals surface area contributed by atoms with Gasteiger partial charge in [-0.05, 0) is 30.5 Å². The smallest absolute Gasteiger partial charge is 0.256 e. The maximum absolute atomic E-state index is 12.9. The van der Waals surface area contributed by atoms with Gasteiger partial charge in [0.15, 0.2) is 0 Å². The molecule has 1 amide bonds. The van der Waals surface area contributed by atoms with E-state index < -0.39 is 0 Å². The van der Waals surface area contributed by atoms with Crippen molar-refractivity contribution in [2.75, 3.05) is 5.75 Å². The Balaban J connectivity index is 1.94. The molecule has 112 valence electrons. The molecule has 2 heterocycles. The van der Waals surface area contributed by atoms with Crippen molar-refractivity contribution >= 4 is 17.7 Å². The third kappa shape index (κ3) is 1.66. The third-order valence-electron chi connectivity index (χ3n) is 4.81. The van der Waals surface area contributed by atoms with Crippen LogP contribution in [0.15, 0.2) is 48.5 Å².